The Morgan fingerprint density at radius 1 is 1.07 bits per heavy atom. The fourth-order valence-corrected chi connectivity index (χ4v) is 2.39. The highest BCUT2D eigenvalue weighted by Crippen LogP contribution is 2.31. The minimum Gasteiger partial charge on any atom is -0.286 e. The first kappa shape index (κ1) is 11.2. The molecule has 2 rings (SSSR count). The molecule has 0 radical (unpaired) electrons. The van der Waals surface area contributed by atoms with Crippen LogP contribution in [-0.4, -0.2) is 37.0 Å². The van der Waals surface area contributed by atoms with Crippen molar-refractivity contribution in [1.82, 2.24) is 9.80 Å². The van der Waals surface area contributed by atoms with Crippen LogP contribution in [0, 0.1) is 0 Å². The third-order valence-electron chi connectivity index (χ3n) is 2.88. The second-order valence-corrected chi connectivity index (χ2v) is 4.82. The molecule has 0 bridgehead atoms. The van der Waals surface area contributed by atoms with Gasteiger partial charge in [0.1, 0.15) is 0 Å². The van der Waals surface area contributed by atoms with Crippen molar-refractivity contribution in [2.45, 2.75) is 6.17 Å². The summed E-state index contributed by atoms with van der Waals surface area (Å²) in [4.78, 5) is 4.61. The predicted octanol–water partition coefficient (Wildman–Crippen LogP) is 2.87. The molecule has 0 spiro atoms. The van der Waals surface area contributed by atoms with Gasteiger partial charge in [-0.05, 0) is 31.8 Å². The van der Waals surface area contributed by atoms with E-state index in [0.29, 0.717) is 16.2 Å². The number of likely N-dealkylation sites (N-methyl/N-ethyl adjacent to an activating group) is 2. The molecule has 1 aliphatic heterocycles. The number of hydrogen-bond donors (Lipinski definition) is 0. The molecule has 0 saturated carbocycles. The van der Waals surface area contributed by atoms with Crippen molar-refractivity contribution in [3.05, 3.63) is 33.8 Å². The Bertz CT molecular complexity index is 358. The quantitative estimate of drug-likeness (QED) is 0.750. The minimum atomic E-state index is 0.319. The zero-order valence-corrected chi connectivity index (χ0v) is 10.4. The van der Waals surface area contributed by atoms with Crippen molar-refractivity contribution in [1.29, 1.82) is 0 Å². The fraction of sp³-hybridized carbons (Fsp3) is 0.455. The topological polar surface area (TPSA) is 6.48 Å². The molecule has 82 valence electrons. The lowest BCUT2D eigenvalue weighted by Crippen LogP contribution is -2.25. The summed E-state index contributed by atoms with van der Waals surface area (Å²) in [6.07, 6.45) is 0.319. The van der Waals surface area contributed by atoms with Crippen LogP contribution in [-0.2, 0) is 0 Å². The Morgan fingerprint density at radius 2 is 1.67 bits per heavy atom. The van der Waals surface area contributed by atoms with Crippen LogP contribution < -0.4 is 0 Å². The Balaban J connectivity index is 2.32. The Morgan fingerprint density at radius 3 is 2.20 bits per heavy atom. The van der Waals surface area contributed by atoms with E-state index < -0.39 is 0 Å². The lowest BCUT2D eigenvalue weighted by molar-refractivity contribution is 0.190. The molecule has 0 aromatic heterocycles. The molecule has 2 nitrogen and oxygen atoms in total. The Labute approximate surface area is 100 Å². The van der Waals surface area contributed by atoms with Crippen molar-refractivity contribution in [3.8, 4) is 0 Å². The van der Waals surface area contributed by atoms with Gasteiger partial charge in [0, 0.05) is 13.1 Å². The molecule has 1 saturated heterocycles. The number of hydrogen-bond acceptors (Lipinski definition) is 2. The molecule has 0 aliphatic carbocycles. The van der Waals surface area contributed by atoms with E-state index in [1.165, 1.54) is 5.56 Å². The summed E-state index contributed by atoms with van der Waals surface area (Å²) in [5.74, 6) is 0. The largest absolute Gasteiger partial charge is 0.286 e. The molecule has 0 unspecified atom stereocenters. The van der Waals surface area contributed by atoms with Gasteiger partial charge in [0.25, 0.3) is 0 Å². The van der Waals surface area contributed by atoms with Crippen LogP contribution in [0.15, 0.2) is 18.2 Å². The fourth-order valence-electron chi connectivity index (χ4n) is 2.08. The van der Waals surface area contributed by atoms with Gasteiger partial charge in [0.15, 0.2) is 0 Å². The van der Waals surface area contributed by atoms with Crippen LogP contribution >= 0.6 is 23.2 Å². The van der Waals surface area contributed by atoms with E-state index in [-0.39, 0.29) is 0 Å². The van der Waals surface area contributed by atoms with Gasteiger partial charge in [0.2, 0.25) is 0 Å². The summed E-state index contributed by atoms with van der Waals surface area (Å²) < 4.78 is 0. The summed E-state index contributed by atoms with van der Waals surface area (Å²) in [7, 11) is 4.24. The summed E-state index contributed by atoms with van der Waals surface area (Å²) in [6.45, 7) is 2.17. The van der Waals surface area contributed by atoms with Gasteiger partial charge < -0.3 is 0 Å². The van der Waals surface area contributed by atoms with Crippen LogP contribution in [0.2, 0.25) is 10.0 Å². The maximum Gasteiger partial charge on any atom is 0.0882 e. The zero-order chi connectivity index (χ0) is 11.0. The van der Waals surface area contributed by atoms with Gasteiger partial charge in [-0.25, -0.2) is 0 Å². The van der Waals surface area contributed by atoms with Crippen molar-refractivity contribution >= 4 is 23.2 Å². The average Bonchev–Trinajstić information content (AvgIpc) is 2.52. The van der Waals surface area contributed by atoms with E-state index in [1.807, 2.05) is 18.2 Å². The Kier molecular flexibility index (Phi) is 3.21. The molecule has 0 N–H and O–H groups in total. The summed E-state index contributed by atoms with van der Waals surface area (Å²) in [5.41, 5.74) is 1.20. The average molecular weight is 245 g/mol. The van der Waals surface area contributed by atoms with Crippen molar-refractivity contribution in [3.63, 3.8) is 0 Å². The highest BCUT2D eigenvalue weighted by molar-refractivity contribution is 6.42. The maximum absolute atomic E-state index is 6.02. The minimum absolute atomic E-state index is 0.319. The van der Waals surface area contributed by atoms with E-state index >= 15 is 0 Å². The van der Waals surface area contributed by atoms with E-state index in [1.54, 1.807) is 0 Å². The highest BCUT2D eigenvalue weighted by Gasteiger charge is 2.27. The molecule has 1 aliphatic rings. The lowest BCUT2D eigenvalue weighted by Gasteiger charge is -2.25. The summed E-state index contributed by atoms with van der Waals surface area (Å²) in [6, 6.07) is 5.85. The van der Waals surface area contributed by atoms with E-state index in [4.69, 9.17) is 23.2 Å². The van der Waals surface area contributed by atoms with Gasteiger partial charge in [-0.1, -0.05) is 29.3 Å². The van der Waals surface area contributed by atoms with E-state index in [9.17, 15) is 0 Å². The molecule has 1 aromatic rings. The van der Waals surface area contributed by atoms with Gasteiger partial charge in [-0.15, -0.1) is 0 Å². The molecule has 15 heavy (non-hydrogen) atoms. The van der Waals surface area contributed by atoms with Crippen molar-refractivity contribution in [2.24, 2.45) is 0 Å². The van der Waals surface area contributed by atoms with Crippen LogP contribution in [0.4, 0.5) is 0 Å². The first-order valence-electron chi connectivity index (χ1n) is 4.95. The van der Waals surface area contributed by atoms with Crippen molar-refractivity contribution in [2.75, 3.05) is 27.2 Å². The second-order valence-electron chi connectivity index (χ2n) is 4.01. The number of nitrogens with zero attached hydrogens (tertiary/aromatic N) is 2. The molecular formula is C11H14Cl2N2. The summed E-state index contributed by atoms with van der Waals surface area (Å²) >= 11 is 11.9. The molecular weight excluding hydrogens is 231 g/mol. The monoisotopic (exact) mass is 244 g/mol. The number of halogens is 2. The molecule has 1 aromatic carbocycles. The molecule has 4 heteroatoms. The maximum atomic E-state index is 6.02. The standard InChI is InChI=1S/C11H14Cl2N2/c1-14-5-6-15(2)11(14)8-3-4-9(12)10(13)7-8/h3-4,7,11H,5-6H2,1-2H3. The van der Waals surface area contributed by atoms with Crippen LogP contribution in [0.1, 0.15) is 11.7 Å². The third-order valence-corrected chi connectivity index (χ3v) is 3.62. The highest BCUT2D eigenvalue weighted by atomic mass is 35.5. The van der Waals surface area contributed by atoms with Gasteiger partial charge >= 0.3 is 0 Å². The second kappa shape index (κ2) is 4.30. The van der Waals surface area contributed by atoms with E-state index in [0.717, 1.165) is 13.1 Å². The lowest BCUT2D eigenvalue weighted by atomic mass is 10.1. The van der Waals surface area contributed by atoms with Crippen LogP contribution in [0.25, 0.3) is 0 Å². The van der Waals surface area contributed by atoms with Crippen LogP contribution in [0.5, 0.6) is 0 Å². The molecule has 0 atom stereocenters. The van der Waals surface area contributed by atoms with Crippen LogP contribution in [0.3, 0.4) is 0 Å². The van der Waals surface area contributed by atoms with Crippen molar-refractivity contribution < 1.29 is 0 Å². The number of rotatable bonds is 1. The predicted molar refractivity (Wildman–Crippen MR) is 64.5 cm³/mol. The molecule has 1 fully saturated rings. The smallest absolute Gasteiger partial charge is 0.0882 e. The SMILES string of the molecule is CN1CCN(C)C1c1ccc(Cl)c(Cl)c1. The zero-order valence-electron chi connectivity index (χ0n) is 8.87. The van der Waals surface area contributed by atoms with Gasteiger partial charge in [-0.2, -0.15) is 0 Å². The van der Waals surface area contributed by atoms with E-state index in [2.05, 4.69) is 23.9 Å². The van der Waals surface area contributed by atoms with Gasteiger partial charge in [0.05, 0.1) is 16.2 Å². The molecule has 0 amide bonds. The third kappa shape index (κ3) is 2.13. The summed E-state index contributed by atoms with van der Waals surface area (Å²) in [5, 5.41) is 1.24. The normalized spacial score (nSPS) is 20.0. The first-order chi connectivity index (χ1) is 7.09. The first-order valence-corrected chi connectivity index (χ1v) is 5.70. The molecule has 1 heterocycles. The number of benzene rings is 1. The van der Waals surface area contributed by atoms with Gasteiger partial charge in [-0.3, -0.25) is 9.80 Å². The Hall–Kier alpha value is -0.280.